The van der Waals surface area contributed by atoms with Gasteiger partial charge in [-0.15, -0.1) is 0 Å². The number of ether oxygens (including phenoxy) is 2. The summed E-state index contributed by atoms with van der Waals surface area (Å²) in [5.74, 6) is -0.255. The van der Waals surface area contributed by atoms with E-state index >= 15 is 0 Å². The monoisotopic (exact) mass is 228 g/mol. The van der Waals surface area contributed by atoms with Gasteiger partial charge >= 0.3 is 5.97 Å². The van der Waals surface area contributed by atoms with Crippen LogP contribution >= 0.6 is 11.6 Å². The fourth-order valence-electron chi connectivity index (χ4n) is 0.953. The zero-order valence-corrected chi connectivity index (χ0v) is 8.78. The first kappa shape index (κ1) is 11.5. The van der Waals surface area contributed by atoms with E-state index in [1.807, 2.05) is 0 Å². The second-order valence-electron chi connectivity index (χ2n) is 2.63. The molecule has 0 aliphatic rings. The predicted octanol–water partition coefficient (Wildman–Crippen LogP) is 1.70. The lowest BCUT2D eigenvalue weighted by Crippen LogP contribution is -2.13. The molecule has 0 aliphatic carbocycles. The average Bonchev–Trinajstić information content (AvgIpc) is 2.25. The fraction of sp³-hybridized carbons (Fsp3) is 0.200. The summed E-state index contributed by atoms with van der Waals surface area (Å²) in [6.07, 6.45) is 0.578. The molecule has 0 fully saturated rings. The van der Waals surface area contributed by atoms with Crippen molar-refractivity contribution in [2.45, 2.75) is 0 Å². The Morgan fingerprint density at radius 2 is 2.27 bits per heavy atom. The zero-order chi connectivity index (χ0) is 11.3. The standard InChI is InChI=1S/C10H9ClO4/c1-14-10(13)6-15-9-4-2-3-8(11)7(9)5-12/h2-5H,6H2,1H3. The lowest BCUT2D eigenvalue weighted by atomic mass is 10.2. The van der Waals surface area contributed by atoms with Crippen LogP contribution in [-0.4, -0.2) is 26.0 Å². The van der Waals surface area contributed by atoms with Crippen LogP contribution in [0.3, 0.4) is 0 Å². The van der Waals surface area contributed by atoms with Crippen LogP contribution in [0.5, 0.6) is 5.75 Å². The summed E-state index contributed by atoms with van der Waals surface area (Å²) in [5, 5.41) is 0.285. The molecule has 0 spiro atoms. The molecule has 0 N–H and O–H groups in total. The molecule has 1 aromatic rings. The number of esters is 1. The molecule has 80 valence electrons. The number of carbonyl (C=O) groups excluding carboxylic acids is 2. The minimum Gasteiger partial charge on any atom is -0.481 e. The Morgan fingerprint density at radius 1 is 1.53 bits per heavy atom. The van der Waals surface area contributed by atoms with E-state index in [4.69, 9.17) is 16.3 Å². The molecular weight excluding hydrogens is 220 g/mol. The molecule has 0 saturated carbocycles. The van der Waals surface area contributed by atoms with Gasteiger partial charge in [0.05, 0.1) is 17.7 Å². The summed E-state index contributed by atoms with van der Waals surface area (Å²) in [7, 11) is 1.25. The van der Waals surface area contributed by atoms with Crippen molar-refractivity contribution in [3.8, 4) is 5.75 Å². The van der Waals surface area contributed by atoms with Crippen molar-refractivity contribution in [3.05, 3.63) is 28.8 Å². The highest BCUT2D eigenvalue weighted by Crippen LogP contribution is 2.24. The first-order chi connectivity index (χ1) is 7.19. The smallest absolute Gasteiger partial charge is 0.343 e. The van der Waals surface area contributed by atoms with Crippen LogP contribution in [-0.2, 0) is 9.53 Å². The van der Waals surface area contributed by atoms with Crippen molar-refractivity contribution in [1.82, 2.24) is 0 Å². The van der Waals surface area contributed by atoms with Gasteiger partial charge in [-0.05, 0) is 12.1 Å². The maximum absolute atomic E-state index is 10.8. The van der Waals surface area contributed by atoms with Crippen molar-refractivity contribution in [3.63, 3.8) is 0 Å². The Kier molecular flexibility index (Phi) is 4.12. The van der Waals surface area contributed by atoms with E-state index in [1.165, 1.54) is 7.11 Å². The molecule has 4 nitrogen and oxygen atoms in total. The van der Waals surface area contributed by atoms with Gasteiger partial charge in [-0.1, -0.05) is 17.7 Å². The summed E-state index contributed by atoms with van der Waals surface area (Å²) in [4.78, 5) is 21.5. The van der Waals surface area contributed by atoms with Crippen molar-refractivity contribution >= 4 is 23.9 Å². The van der Waals surface area contributed by atoms with Crippen LogP contribution in [0.2, 0.25) is 5.02 Å². The Hall–Kier alpha value is -1.55. The molecule has 0 heterocycles. The normalized spacial score (nSPS) is 9.47. The topological polar surface area (TPSA) is 52.6 Å². The van der Waals surface area contributed by atoms with E-state index < -0.39 is 5.97 Å². The number of hydrogen-bond donors (Lipinski definition) is 0. The van der Waals surface area contributed by atoms with E-state index in [0.717, 1.165) is 0 Å². The number of methoxy groups -OCH3 is 1. The fourth-order valence-corrected chi connectivity index (χ4v) is 1.16. The molecule has 15 heavy (non-hydrogen) atoms. The predicted molar refractivity (Wildman–Crippen MR) is 54.4 cm³/mol. The van der Waals surface area contributed by atoms with E-state index in [-0.39, 0.29) is 22.9 Å². The average molecular weight is 229 g/mol. The number of halogens is 1. The first-order valence-corrected chi connectivity index (χ1v) is 4.50. The summed E-state index contributed by atoms with van der Waals surface area (Å²) < 4.78 is 9.46. The molecule has 0 atom stereocenters. The van der Waals surface area contributed by atoms with Crippen molar-refractivity contribution in [2.24, 2.45) is 0 Å². The van der Waals surface area contributed by atoms with Crippen LogP contribution < -0.4 is 4.74 Å². The quantitative estimate of drug-likeness (QED) is 0.582. The van der Waals surface area contributed by atoms with Crippen LogP contribution in [0, 0.1) is 0 Å². The molecule has 0 aromatic heterocycles. The molecular formula is C10H9ClO4. The minimum atomic E-state index is -0.521. The van der Waals surface area contributed by atoms with E-state index in [2.05, 4.69) is 4.74 Å². The maximum atomic E-state index is 10.8. The Balaban J connectivity index is 2.80. The van der Waals surface area contributed by atoms with E-state index in [1.54, 1.807) is 18.2 Å². The molecule has 0 bridgehead atoms. The van der Waals surface area contributed by atoms with Gasteiger partial charge in [0.15, 0.2) is 12.9 Å². The van der Waals surface area contributed by atoms with Gasteiger partial charge in [0.1, 0.15) is 5.75 Å². The number of carbonyl (C=O) groups is 2. The first-order valence-electron chi connectivity index (χ1n) is 4.12. The Morgan fingerprint density at radius 3 is 2.87 bits per heavy atom. The molecule has 0 radical (unpaired) electrons. The molecule has 0 unspecified atom stereocenters. The van der Waals surface area contributed by atoms with Crippen LogP contribution in [0.4, 0.5) is 0 Å². The van der Waals surface area contributed by atoms with Crippen LogP contribution in [0.25, 0.3) is 0 Å². The van der Waals surface area contributed by atoms with Crippen molar-refractivity contribution in [2.75, 3.05) is 13.7 Å². The van der Waals surface area contributed by atoms with Gasteiger partial charge in [-0.3, -0.25) is 4.79 Å². The van der Waals surface area contributed by atoms with Gasteiger partial charge in [-0.2, -0.15) is 0 Å². The van der Waals surface area contributed by atoms with Crippen molar-refractivity contribution < 1.29 is 19.1 Å². The lowest BCUT2D eigenvalue weighted by Gasteiger charge is -2.07. The third-order valence-corrected chi connectivity index (χ3v) is 2.03. The van der Waals surface area contributed by atoms with Gasteiger partial charge in [-0.25, -0.2) is 4.79 Å². The summed E-state index contributed by atoms with van der Waals surface area (Å²) in [5.41, 5.74) is 0.225. The molecule has 0 aliphatic heterocycles. The van der Waals surface area contributed by atoms with E-state index in [9.17, 15) is 9.59 Å². The molecule has 1 rings (SSSR count). The molecule has 1 aromatic carbocycles. The summed E-state index contributed by atoms with van der Waals surface area (Å²) >= 11 is 5.75. The van der Waals surface area contributed by atoms with Crippen molar-refractivity contribution in [1.29, 1.82) is 0 Å². The van der Waals surface area contributed by atoms with Gasteiger partial charge in [0, 0.05) is 0 Å². The minimum absolute atomic E-state index is 0.225. The maximum Gasteiger partial charge on any atom is 0.343 e. The second kappa shape index (κ2) is 5.36. The zero-order valence-electron chi connectivity index (χ0n) is 8.03. The largest absolute Gasteiger partial charge is 0.481 e. The molecule has 0 amide bonds. The summed E-state index contributed by atoms with van der Waals surface area (Å²) in [6.45, 7) is -0.252. The number of benzene rings is 1. The molecule has 5 heteroatoms. The summed E-state index contributed by atoms with van der Waals surface area (Å²) in [6, 6.07) is 4.75. The molecule has 0 saturated heterocycles. The third kappa shape index (κ3) is 2.95. The highest BCUT2D eigenvalue weighted by molar-refractivity contribution is 6.33. The highest BCUT2D eigenvalue weighted by Gasteiger charge is 2.09. The second-order valence-corrected chi connectivity index (χ2v) is 3.04. The Labute approximate surface area is 91.7 Å². The lowest BCUT2D eigenvalue weighted by molar-refractivity contribution is -0.142. The number of aldehydes is 1. The number of rotatable bonds is 4. The number of hydrogen-bond acceptors (Lipinski definition) is 4. The highest BCUT2D eigenvalue weighted by atomic mass is 35.5. The van der Waals surface area contributed by atoms with Gasteiger partial charge in [0.25, 0.3) is 0 Å². The van der Waals surface area contributed by atoms with Crippen LogP contribution in [0.1, 0.15) is 10.4 Å². The van der Waals surface area contributed by atoms with Crippen LogP contribution in [0.15, 0.2) is 18.2 Å². The van der Waals surface area contributed by atoms with Gasteiger partial charge < -0.3 is 9.47 Å². The van der Waals surface area contributed by atoms with E-state index in [0.29, 0.717) is 6.29 Å². The SMILES string of the molecule is COC(=O)COc1cccc(Cl)c1C=O. The third-order valence-electron chi connectivity index (χ3n) is 1.70. The van der Waals surface area contributed by atoms with Gasteiger partial charge in [0.2, 0.25) is 0 Å². The Bertz CT molecular complexity index is 376.